The molecule has 0 aliphatic heterocycles. The van der Waals surface area contributed by atoms with Crippen LogP contribution in [0, 0.1) is 11.8 Å². The summed E-state index contributed by atoms with van der Waals surface area (Å²) in [6.07, 6.45) is -16.5. The van der Waals surface area contributed by atoms with Crippen molar-refractivity contribution in [2.75, 3.05) is 13.2 Å². The molecule has 2 atom stereocenters. The molecule has 0 rings (SSSR count). The molecule has 26 heavy (non-hydrogen) atoms. The summed E-state index contributed by atoms with van der Waals surface area (Å²) in [6, 6.07) is 0. The summed E-state index contributed by atoms with van der Waals surface area (Å²) in [5, 5.41) is 0. The van der Waals surface area contributed by atoms with Gasteiger partial charge in [-0.3, -0.25) is 0 Å². The molecule has 0 aromatic heterocycles. The Labute approximate surface area is 141 Å². The lowest BCUT2D eigenvalue weighted by Crippen LogP contribution is -2.39. The maximum atomic E-state index is 12.8. The number of hydrogen-bond donors (Lipinski definition) is 0. The second kappa shape index (κ2) is 8.51. The number of rotatable bonds is 8. The number of carbonyl (C=O) groups excluding carboxylic acids is 1. The number of halogens is 10. The number of hydrogen-bond acceptors (Lipinski definition) is 3. The quantitative estimate of drug-likeness (QED) is 0.387. The summed E-state index contributed by atoms with van der Waals surface area (Å²) < 4.78 is 131. The normalized spacial score (nSPS) is 16.2. The molecule has 0 spiro atoms. The van der Waals surface area contributed by atoms with Crippen molar-refractivity contribution in [3.8, 4) is 0 Å². The summed E-state index contributed by atoms with van der Waals surface area (Å²) in [5.41, 5.74) is 0. The summed E-state index contributed by atoms with van der Waals surface area (Å²) in [7, 11) is 0. The highest BCUT2D eigenvalue weighted by atomic mass is 19.4. The zero-order valence-electron chi connectivity index (χ0n) is 13.5. The van der Waals surface area contributed by atoms with E-state index in [1.54, 1.807) is 0 Å². The minimum Gasteiger partial charge on any atom is -0.434 e. The average molecular weight is 410 g/mol. The van der Waals surface area contributed by atoms with Crippen LogP contribution in [0.5, 0.6) is 0 Å². The van der Waals surface area contributed by atoms with Crippen LogP contribution in [0.2, 0.25) is 0 Å². The summed E-state index contributed by atoms with van der Waals surface area (Å²) in [6.45, 7) is 0.0774. The summed E-state index contributed by atoms with van der Waals surface area (Å²) in [5.74, 6) is -12.9. The first-order valence-electron chi connectivity index (χ1n) is 7.07. The number of carbonyl (C=O) groups is 1. The van der Waals surface area contributed by atoms with Crippen molar-refractivity contribution in [2.24, 2.45) is 11.8 Å². The Morgan fingerprint density at radius 2 is 0.962 bits per heavy atom. The van der Waals surface area contributed by atoms with Crippen molar-refractivity contribution in [2.45, 2.75) is 50.9 Å². The Morgan fingerprint density at radius 1 is 0.692 bits per heavy atom. The molecule has 0 aliphatic carbocycles. The predicted octanol–water partition coefficient (Wildman–Crippen LogP) is 5.59. The first-order chi connectivity index (χ1) is 11.4. The minimum absolute atomic E-state index is 0.891. The third kappa shape index (κ3) is 7.85. The molecule has 0 N–H and O–H groups in total. The van der Waals surface area contributed by atoms with Crippen LogP contribution in [0.1, 0.15) is 26.7 Å². The van der Waals surface area contributed by atoms with E-state index in [2.05, 4.69) is 9.47 Å². The topological polar surface area (TPSA) is 35.5 Å². The third-order valence-electron chi connectivity index (χ3n) is 3.01. The van der Waals surface area contributed by atoms with Crippen LogP contribution >= 0.6 is 0 Å². The van der Waals surface area contributed by atoms with Gasteiger partial charge in [0.1, 0.15) is 0 Å². The molecule has 0 fully saturated rings. The van der Waals surface area contributed by atoms with E-state index in [4.69, 9.17) is 0 Å². The van der Waals surface area contributed by atoms with E-state index < -0.39 is 68.2 Å². The highest BCUT2D eigenvalue weighted by molar-refractivity contribution is 5.59. The van der Waals surface area contributed by atoms with Crippen LogP contribution in [0.3, 0.4) is 0 Å². The maximum absolute atomic E-state index is 12.8. The van der Waals surface area contributed by atoms with E-state index in [0.29, 0.717) is 0 Å². The van der Waals surface area contributed by atoms with Crippen LogP contribution in [0.15, 0.2) is 0 Å². The van der Waals surface area contributed by atoms with Crippen LogP contribution in [-0.4, -0.2) is 43.6 Å². The lowest BCUT2D eigenvalue weighted by Gasteiger charge is -2.23. The Kier molecular flexibility index (Phi) is 8.04. The van der Waals surface area contributed by atoms with E-state index in [9.17, 15) is 48.7 Å². The second-order valence-corrected chi connectivity index (χ2v) is 5.90. The minimum atomic E-state index is -5.78. The molecule has 0 bridgehead atoms. The van der Waals surface area contributed by atoms with Crippen molar-refractivity contribution in [3.05, 3.63) is 0 Å². The van der Waals surface area contributed by atoms with Crippen molar-refractivity contribution in [1.29, 1.82) is 0 Å². The van der Waals surface area contributed by atoms with Gasteiger partial charge in [-0.15, -0.1) is 0 Å². The fraction of sp³-hybridized carbons (Fsp3) is 0.923. The van der Waals surface area contributed by atoms with Gasteiger partial charge in [0.2, 0.25) is 0 Å². The molecule has 0 aromatic rings. The first kappa shape index (κ1) is 24.6. The van der Waals surface area contributed by atoms with E-state index in [-0.39, 0.29) is 0 Å². The molecule has 2 unspecified atom stereocenters. The molecule has 156 valence electrons. The van der Waals surface area contributed by atoms with Gasteiger partial charge in [-0.1, -0.05) is 13.8 Å². The number of alkyl halides is 10. The molecule has 0 aromatic carbocycles. The van der Waals surface area contributed by atoms with E-state index in [0.717, 1.165) is 13.8 Å². The van der Waals surface area contributed by atoms with Gasteiger partial charge in [0.05, 0.1) is 13.2 Å². The smallest absolute Gasteiger partial charge is 0.434 e. The van der Waals surface area contributed by atoms with Crippen LogP contribution in [-0.2, 0) is 9.47 Å². The standard InChI is InChI=1S/C13H16F10O3/c1-7(3-10(14,15)12(18,19)20)5-25-9(24)26-6-8(2)4-11(16,17)13(21,22)23/h7-8H,3-6H2,1-2H3. The second-order valence-electron chi connectivity index (χ2n) is 5.90. The van der Waals surface area contributed by atoms with Gasteiger partial charge in [0, 0.05) is 12.8 Å². The van der Waals surface area contributed by atoms with Gasteiger partial charge in [-0.05, 0) is 11.8 Å². The van der Waals surface area contributed by atoms with Gasteiger partial charge >= 0.3 is 30.4 Å². The number of ether oxygens (including phenoxy) is 2. The Morgan fingerprint density at radius 3 is 1.19 bits per heavy atom. The molecular weight excluding hydrogens is 394 g/mol. The summed E-state index contributed by atoms with van der Waals surface area (Å²) in [4.78, 5) is 11.1. The first-order valence-corrected chi connectivity index (χ1v) is 7.07. The highest BCUT2D eigenvalue weighted by Gasteiger charge is 2.58. The van der Waals surface area contributed by atoms with Crippen molar-refractivity contribution in [3.63, 3.8) is 0 Å². The molecule has 13 heteroatoms. The Hall–Kier alpha value is -1.43. The fourth-order valence-corrected chi connectivity index (χ4v) is 1.69. The molecule has 0 aliphatic rings. The molecule has 3 nitrogen and oxygen atoms in total. The molecule has 0 amide bonds. The third-order valence-corrected chi connectivity index (χ3v) is 3.01. The average Bonchev–Trinajstić information content (AvgIpc) is 2.39. The molecule has 0 radical (unpaired) electrons. The predicted molar refractivity (Wildman–Crippen MR) is 66.9 cm³/mol. The SMILES string of the molecule is CC(COC(=O)OCC(C)CC(F)(F)C(F)(F)F)CC(F)(F)C(F)(F)F. The van der Waals surface area contributed by atoms with E-state index >= 15 is 0 Å². The van der Waals surface area contributed by atoms with Gasteiger partial charge in [0.15, 0.2) is 0 Å². The Bertz CT molecular complexity index is 418. The Balaban J connectivity index is 4.29. The van der Waals surface area contributed by atoms with Crippen molar-refractivity contribution in [1.82, 2.24) is 0 Å². The van der Waals surface area contributed by atoms with E-state index in [1.807, 2.05) is 0 Å². The van der Waals surface area contributed by atoms with Crippen LogP contribution in [0.25, 0.3) is 0 Å². The van der Waals surface area contributed by atoms with Gasteiger partial charge in [-0.25, -0.2) is 4.79 Å². The largest absolute Gasteiger partial charge is 0.508 e. The van der Waals surface area contributed by atoms with Crippen LogP contribution < -0.4 is 0 Å². The summed E-state index contributed by atoms with van der Waals surface area (Å²) >= 11 is 0. The lowest BCUT2D eigenvalue weighted by molar-refractivity contribution is -0.288. The molecule has 0 saturated heterocycles. The van der Waals surface area contributed by atoms with Gasteiger partial charge in [-0.2, -0.15) is 43.9 Å². The van der Waals surface area contributed by atoms with Crippen LogP contribution in [0.4, 0.5) is 48.7 Å². The van der Waals surface area contributed by atoms with E-state index in [1.165, 1.54) is 0 Å². The van der Waals surface area contributed by atoms with Crippen molar-refractivity contribution < 1.29 is 58.2 Å². The lowest BCUT2D eigenvalue weighted by atomic mass is 10.0. The molecule has 0 heterocycles. The molecular formula is C13H16F10O3. The fourth-order valence-electron chi connectivity index (χ4n) is 1.69. The zero-order chi connectivity index (χ0) is 21.0. The highest BCUT2D eigenvalue weighted by Crippen LogP contribution is 2.41. The van der Waals surface area contributed by atoms with Gasteiger partial charge < -0.3 is 9.47 Å². The van der Waals surface area contributed by atoms with Gasteiger partial charge in [0.25, 0.3) is 0 Å². The van der Waals surface area contributed by atoms with Crippen molar-refractivity contribution >= 4 is 6.16 Å². The maximum Gasteiger partial charge on any atom is 0.508 e. The molecule has 0 saturated carbocycles. The monoisotopic (exact) mass is 410 g/mol. The zero-order valence-corrected chi connectivity index (χ0v) is 13.5.